The van der Waals surface area contributed by atoms with Crippen LogP contribution in [-0.4, -0.2) is 24.4 Å². The Morgan fingerprint density at radius 2 is 2.67 bits per heavy atom. The van der Waals surface area contributed by atoms with E-state index in [4.69, 9.17) is 15.6 Å². The molecule has 3 heteroatoms. The van der Waals surface area contributed by atoms with Gasteiger partial charge in [-0.1, -0.05) is 0 Å². The molecule has 1 aliphatic heterocycles. The summed E-state index contributed by atoms with van der Waals surface area (Å²) in [5, 5.41) is 9.04. The summed E-state index contributed by atoms with van der Waals surface area (Å²) in [7, 11) is 0. The molecular weight excluding hydrogens is 118 g/mol. The van der Waals surface area contributed by atoms with Crippen LogP contribution < -0.4 is 5.73 Å². The van der Waals surface area contributed by atoms with Gasteiger partial charge < -0.3 is 15.6 Å². The first kappa shape index (κ1) is 6.58. The second kappa shape index (κ2) is 2.85. The number of hydrogen-bond acceptors (Lipinski definition) is 3. The molecule has 0 radical (unpaired) electrons. The van der Waals surface area contributed by atoms with Crippen LogP contribution in [0, 0.1) is 0 Å². The molecule has 0 spiro atoms. The Morgan fingerprint density at radius 3 is 3.11 bits per heavy atom. The molecule has 0 saturated heterocycles. The van der Waals surface area contributed by atoms with E-state index in [2.05, 4.69) is 0 Å². The van der Waals surface area contributed by atoms with E-state index in [9.17, 15) is 0 Å². The van der Waals surface area contributed by atoms with Crippen molar-refractivity contribution in [2.45, 2.75) is 12.5 Å². The van der Waals surface area contributed by atoms with E-state index in [0.717, 1.165) is 6.42 Å². The fraction of sp³-hybridized carbons (Fsp3) is 0.667. The Hall–Kier alpha value is -0.540. The molecule has 0 aromatic rings. The van der Waals surface area contributed by atoms with Crippen LogP contribution >= 0.6 is 0 Å². The number of aliphatic hydroxyl groups excluding tert-OH is 1. The van der Waals surface area contributed by atoms with Crippen LogP contribution in [0.5, 0.6) is 0 Å². The van der Waals surface area contributed by atoms with Gasteiger partial charge in [-0.15, -0.1) is 0 Å². The SMILES string of the molecule is NCC(O)C1=CCCO1. The minimum atomic E-state index is -0.590. The third kappa shape index (κ3) is 1.43. The summed E-state index contributed by atoms with van der Waals surface area (Å²) in [6, 6.07) is 0. The van der Waals surface area contributed by atoms with Crippen molar-refractivity contribution in [2.75, 3.05) is 13.2 Å². The van der Waals surface area contributed by atoms with Gasteiger partial charge in [-0.25, -0.2) is 0 Å². The van der Waals surface area contributed by atoms with Gasteiger partial charge in [0, 0.05) is 13.0 Å². The van der Waals surface area contributed by atoms with Gasteiger partial charge in [0.15, 0.2) is 0 Å². The van der Waals surface area contributed by atoms with Gasteiger partial charge in [-0.2, -0.15) is 0 Å². The monoisotopic (exact) mass is 129 g/mol. The second-order valence-corrected chi connectivity index (χ2v) is 2.00. The van der Waals surface area contributed by atoms with Crippen LogP contribution in [0.25, 0.3) is 0 Å². The highest BCUT2D eigenvalue weighted by atomic mass is 16.5. The van der Waals surface area contributed by atoms with Gasteiger partial charge in [0.2, 0.25) is 0 Å². The molecule has 0 bridgehead atoms. The summed E-state index contributed by atoms with van der Waals surface area (Å²) in [4.78, 5) is 0. The van der Waals surface area contributed by atoms with Crippen molar-refractivity contribution in [1.29, 1.82) is 0 Å². The Bertz CT molecular complexity index is 122. The number of nitrogens with two attached hydrogens (primary N) is 1. The maximum Gasteiger partial charge on any atom is 0.123 e. The van der Waals surface area contributed by atoms with Crippen molar-refractivity contribution >= 4 is 0 Å². The highest BCUT2D eigenvalue weighted by Crippen LogP contribution is 2.11. The summed E-state index contributed by atoms with van der Waals surface area (Å²) >= 11 is 0. The molecule has 1 unspecified atom stereocenters. The molecule has 1 atom stereocenters. The average molecular weight is 129 g/mol. The Kier molecular flexibility index (Phi) is 2.08. The quantitative estimate of drug-likeness (QED) is 0.534. The molecule has 52 valence electrons. The number of ether oxygens (including phenoxy) is 1. The molecule has 0 fully saturated rings. The lowest BCUT2D eigenvalue weighted by Gasteiger charge is -2.07. The van der Waals surface area contributed by atoms with Crippen LogP contribution in [0.3, 0.4) is 0 Å². The Labute approximate surface area is 54.1 Å². The molecule has 0 aliphatic carbocycles. The van der Waals surface area contributed by atoms with Crippen LogP contribution in [0.1, 0.15) is 6.42 Å². The topological polar surface area (TPSA) is 55.5 Å². The lowest BCUT2D eigenvalue weighted by atomic mass is 10.3. The van der Waals surface area contributed by atoms with Crippen molar-refractivity contribution in [3.05, 3.63) is 11.8 Å². The van der Waals surface area contributed by atoms with Gasteiger partial charge in [0.1, 0.15) is 11.9 Å². The van der Waals surface area contributed by atoms with Crippen molar-refractivity contribution in [3.8, 4) is 0 Å². The third-order valence-corrected chi connectivity index (χ3v) is 1.28. The number of aliphatic hydroxyl groups is 1. The summed E-state index contributed by atoms with van der Waals surface area (Å²) < 4.78 is 5.04. The van der Waals surface area contributed by atoms with Crippen molar-refractivity contribution in [3.63, 3.8) is 0 Å². The molecule has 3 nitrogen and oxygen atoms in total. The van der Waals surface area contributed by atoms with E-state index in [1.54, 1.807) is 0 Å². The van der Waals surface area contributed by atoms with E-state index in [0.29, 0.717) is 12.4 Å². The lowest BCUT2D eigenvalue weighted by Crippen LogP contribution is -2.22. The zero-order valence-corrected chi connectivity index (χ0v) is 5.21. The second-order valence-electron chi connectivity index (χ2n) is 2.00. The molecule has 0 saturated carbocycles. The van der Waals surface area contributed by atoms with Crippen molar-refractivity contribution in [2.24, 2.45) is 5.73 Å². The molecular formula is C6H11NO2. The first-order valence-corrected chi connectivity index (χ1v) is 3.05. The van der Waals surface area contributed by atoms with Crippen LogP contribution in [0.15, 0.2) is 11.8 Å². The molecule has 0 amide bonds. The molecule has 1 aliphatic rings. The van der Waals surface area contributed by atoms with E-state index in [1.165, 1.54) is 0 Å². The standard InChI is InChI=1S/C6H11NO2/c7-4-5(8)6-2-1-3-9-6/h2,5,8H,1,3-4,7H2. The predicted octanol–water partition coefficient (Wildman–Crippen LogP) is -0.390. The summed E-state index contributed by atoms with van der Waals surface area (Å²) in [5.41, 5.74) is 5.18. The van der Waals surface area contributed by atoms with E-state index in [-0.39, 0.29) is 6.54 Å². The maximum absolute atomic E-state index is 9.04. The van der Waals surface area contributed by atoms with Gasteiger partial charge in [0.25, 0.3) is 0 Å². The fourth-order valence-corrected chi connectivity index (χ4v) is 0.785. The molecule has 0 aromatic heterocycles. The van der Waals surface area contributed by atoms with Crippen LogP contribution in [0.2, 0.25) is 0 Å². The Morgan fingerprint density at radius 1 is 1.89 bits per heavy atom. The summed E-state index contributed by atoms with van der Waals surface area (Å²) in [6.45, 7) is 0.929. The molecule has 0 aromatic carbocycles. The van der Waals surface area contributed by atoms with Crippen molar-refractivity contribution in [1.82, 2.24) is 0 Å². The van der Waals surface area contributed by atoms with Crippen LogP contribution in [0.4, 0.5) is 0 Å². The largest absolute Gasteiger partial charge is 0.495 e. The lowest BCUT2D eigenvalue weighted by molar-refractivity contribution is 0.123. The third-order valence-electron chi connectivity index (χ3n) is 1.28. The molecule has 1 heterocycles. The average Bonchev–Trinajstić information content (AvgIpc) is 2.37. The summed E-state index contributed by atoms with van der Waals surface area (Å²) in [6.07, 6.45) is 2.18. The fourth-order valence-electron chi connectivity index (χ4n) is 0.785. The van der Waals surface area contributed by atoms with Crippen molar-refractivity contribution < 1.29 is 9.84 Å². The van der Waals surface area contributed by atoms with E-state index >= 15 is 0 Å². The van der Waals surface area contributed by atoms with Gasteiger partial charge in [0.05, 0.1) is 6.61 Å². The number of hydrogen-bond donors (Lipinski definition) is 2. The van der Waals surface area contributed by atoms with Gasteiger partial charge in [-0.3, -0.25) is 0 Å². The zero-order valence-electron chi connectivity index (χ0n) is 5.21. The van der Waals surface area contributed by atoms with Gasteiger partial charge >= 0.3 is 0 Å². The first-order valence-electron chi connectivity index (χ1n) is 3.05. The summed E-state index contributed by atoms with van der Waals surface area (Å²) in [5.74, 6) is 0.637. The van der Waals surface area contributed by atoms with Gasteiger partial charge in [-0.05, 0) is 6.08 Å². The Balaban J connectivity index is 2.40. The van der Waals surface area contributed by atoms with E-state index < -0.39 is 6.10 Å². The minimum Gasteiger partial charge on any atom is -0.495 e. The molecule has 1 rings (SSSR count). The highest BCUT2D eigenvalue weighted by Gasteiger charge is 2.12. The smallest absolute Gasteiger partial charge is 0.123 e. The zero-order chi connectivity index (χ0) is 6.69. The number of rotatable bonds is 2. The molecule has 3 N–H and O–H groups in total. The van der Waals surface area contributed by atoms with Crippen LogP contribution in [-0.2, 0) is 4.74 Å². The minimum absolute atomic E-state index is 0.242. The normalized spacial score (nSPS) is 20.9. The highest BCUT2D eigenvalue weighted by molar-refractivity contribution is 5.03. The molecule has 9 heavy (non-hydrogen) atoms. The van der Waals surface area contributed by atoms with E-state index in [1.807, 2.05) is 6.08 Å². The maximum atomic E-state index is 9.04. The first-order chi connectivity index (χ1) is 4.34. The predicted molar refractivity (Wildman–Crippen MR) is 33.7 cm³/mol.